The van der Waals surface area contributed by atoms with E-state index in [1.165, 1.54) is 30.3 Å². The number of hydrogen-bond donors (Lipinski definition) is 2. The number of amides is 1. The number of benzene rings is 1. The van der Waals surface area contributed by atoms with E-state index >= 15 is 0 Å². The van der Waals surface area contributed by atoms with Gasteiger partial charge in [-0.1, -0.05) is 58.4 Å². The second kappa shape index (κ2) is 14.3. The quantitative estimate of drug-likeness (QED) is 0.186. The van der Waals surface area contributed by atoms with Crippen molar-refractivity contribution in [1.29, 1.82) is 0 Å². The minimum Gasteiger partial charge on any atom is -0.387 e. The van der Waals surface area contributed by atoms with Gasteiger partial charge in [-0.2, -0.15) is 23.4 Å². The van der Waals surface area contributed by atoms with Crippen LogP contribution in [0.2, 0.25) is 5.02 Å². The highest BCUT2D eigenvalue weighted by Gasteiger charge is 2.54. The molecule has 3 aromatic heterocycles. The molecule has 1 fully saturated rings. The predicted octanol–water partition coefficient (Wildman–Crippen LogP) is 8.24. The molecule has 3 unspecified atom stereocenters. The average Bonchev–Trinajstić information content (AvgIpc) is 3.75. The fraction of sp³-hybridized carbons (Fsp3) is 0.515. The smallest absolute Gasteiger partial charge is 0.387 e. The Labute approximate surface area is 277 Å². The van der Waals surface area contributed by atoms with Crippen LogP contribution >= 0.6 is 22.9 Å². The number of thiophene rings is 1. The van der Waals surface area contributed by atoms with Gasteiger partial charge >= 0.3 is 6.18 Å². The molecule has 13 heteroatoms. The molecule has 1 saturated carbocycles. The topological polar surface area (TPSA) is 97.9 Å². The number of nitrogens with zero attached hydrogens (tertiary/aromatic N) is 5. The first kappa shape index (κ1) is 35.6. The molecule has 1 aliphatic carbocycles. The number of hydrogen-bond acceptors (Lipinski definition) is 6. The largest absolute Gasteiger partial charge is 0.435 e. The maximum Gasteiger partial charge on any atom is 0.435 e. The zero-order valence-electron chi connectivity index (χ0n) is 27.0. The van der Waals surface area contributed by atoms with Crippen LogP contribution in [0.3, 0.4) is 0 Å². The van der Waals surface area contributed by atoms with Gasteiger partial charge in [-0.05, 0) is 78.0 Å². The molecule has 250 valence electrons. The number of aryl methyl sites for hydroxylation is 1. The van der Waals surface area contributed by atoms with Crippen molar-refractivity contribution in [2.45, 2.75) is 84.5 Å². The molecule has 0 saturated heterocycles. The van der Waals surface area contributed by atoms with Crippen molar-refractivity contribution in [3.05, 3.63) is 81.3 Å². The SMILES string of the molecule is CC(C)CC(C)c1sccc1NC(=O)c1cn(C)nc1C(F)(F)F.CC1(C)CCC(Cc2ccc(Cl)cc2)C1(O)Cn1cncn1. The van der Waals surface area contributed by atoms with Gasteiger partial charge in [0.1, 0.15) is 12.7 Å². The van der Waals surface area contributed by atoms with Crippen LogP contribution in [-0.4, -0.2) is 41.2 Å². The van der Waals surface area contributed by atoms with Gasteiger partial charge in [0.05, 0.1) is 23.4 Å². The van der Waals surface area contributed by atoms with E-state index in [-0.39, 0.29) is 17.3 Å². The molecule has 3 atom stereocenters. The average molecular weight is 679 g/mol. The van der Waals surface area contributed by atoms with Gasteiger partial charge in [-0.3, -0.25) is 14.2 Å². The van der Waals surface area contributed by atoms with Crippen molar-refractivity contribution in [3.63, 3.8) is 0 Å². The van der Waals surface area contributed by atoms with Gasteiger partial charge in [0, 0.05) is 23.1 Å². The maximum absolute atomic E-state index is 13.0. The second-order valence-corrected chi connectivity index (χ2v) is 14.6. The zero-order valence-corrected chi connectivity index (χ0v) is 28.5. The fourth-order valence-corrected chi connectivity index (χ4v) is 7.35. The Kier molecular flexibility index (Phi) is 11.1. The number of nitrogens with one attached hydrogen (secondary N) is 1. The van der Waals surface area contributed by atoms with Crippen LogP contribution in [0, 0.1) is 17.3 Å². The molecule has 8 nitrogen and oxygen atoms in total. The summed E-state index contributed by atoms with van der Waals surface area (Å²) in [5, 5.41) is 24.2. The molecule has 0 bridgehead atoms. The molecule has 46 heavy (non-hydrogen) atoms. The van der Waals surface area contributed by atoms with Crippen LogP contribution in [0.4, 0.5) is 18.9 Å². The lowest BCUT2D eigenvalue weighted by atomic mass is 9.72. The minimum absolute atomic E-state index is 0.143. The molecule has 3 heterocycles. The third kappa shape index (κ3) is 8.38. The molecule has 0 radical (unpaired) electrons. The van der Waals surface area contributed by atoms with E-state index in [4.69, 9.17) is 11.6 Å². The summed E-state index contributed by atoms with van der Waals surface area (Å²) < 4.78 is 41.7. The molecule has 0 aliphatic heterocycles. The first-order valence-electron chi connectivity index (χ1n) is 15.3. The van der Waals surface area contributed by atoms with Gasteiger partial charge in [-0.15, -0.1) is 11.3 Å². The van der Waals surface area contributed by atoms with Crippen molar-refractivity contribution in [1.82, 2.24) is 24.5 Å². The monoisotopic (exact) mass is 678 g/mol. The Balaban J connectivity index is 0.000000209. The first-order chi connectivity index (χ1) is 21.5. The number of carbonyl (C=O) groups is 1. The number of halogens is 4. The van der Waals surface area contributed by atoms with Gasteiger partial charge in [0.15, 0.2) is 5.69 Å². The number of aromatic nitrogens is 5. The van der Waals surface area contributed by atoms with Crippen molar-refractivity contribution in [3.8, 4) is 0 Å². The van der Waals surface area contributed by atoms with Crippen molar-refractivity contribution < 1.29 is 23.1 Å². The van der Waals surface area contributed by atoms with E-state index in [0.29, 0.717) is 18.2 Å². The molecule has 5 rings (SSSR count). The third-order valence-electron chi connectivity index (χ3n) is 8.79. The van der Waals surface area contributed by atoms with Gasteiger partial charge in [-0.25, -0.2) is 4.98 Å². The molecule has 1 aliphatic rings. The van der Waals surface area contributed by atoms with Crippen LogP contribution in [-0.2, 0) is 26.2 Å². The summed E-state index contributed by atoms with van der Waals surface area (Å²) >= 11 is 7.45. The number of anilines is 1. The molecule has 4 aromatic rings. The summed E-state index contributed by atoms with van der Waals surface area (Å²) in [5.41, 5.74) is -0.802. The van der Waals surface area contributed by atoms with Crippen LogP contribution < -0.4 is 5.32 Å². The lowest BCUT2D eigenvalue weighted by Crippen LogP contribution is -2.49. The highest BCUT2D eigenvalue weighted by Crippen LogP contribution is 2.51. The van der Waals surface area contributed by atoms with E-state index in [1.807, 2.05) is 36.6 Å². The van der Waals surface area contributed by atoms with E-state index in [1.54, 1.807) is 17.1 Å². The van der Waals surface area contributed by atoms with Crippen molar-refractivity contribution in [2.75, 3.05) is 5.32 Å². The molecular formula is C33H42ClF3N6O2S. The summed E-state index contributed by atoms with van der Waals surface area (Å²) in [7, 11) is 1.35. The molecule has 2 N–H and O–H groups in total. The van der Waals surface area contributed by atoms with Crippen molar-refractivity contribution >= 4 is 34.5 Å². The fourth-order valence-electron chi connectivity index (χ4n) is 6.30. The Morgan fingerprint density at radius 3 is 2.50 bits per heavy atom. The maximum atomic E-state index is 13.0. The number of aliphatic hydroxyl groups is 1. The normalized spacial score (nSPS) is 20.0. The minimum atomic E-state index is -4.67. The van der Waals surface area contributed by atoms with E-state index in [2.05, 4.69) is 48.2 Å². The lowest BCUT2D eigenvalue weighted by Gasteiger charge is -2.40. The Bertz CT molecular complexity index is 1580. The summed E-state index contributed by atoms with van der Waals surface area (Å²) in [5.74, 6) is 0.108. The molecular weight excluding hydrogens is 637 g/mol. The van der Waals surface area contributed by atoms with Crippen LogP contribution in [0.1, 0.15) is 86.3 Å². The number of carbonyl (C=O) groups excluding carboxylic acids is 1. The van der Waals surface area contributed by atoms with Crippen LogP contribution in [0.5, 0.6) is 0 Å². The Morgan fingerprint density at radius 2 is 1.89 bits per heavy atom. The standard InChI is InChI=1S/C17H22ClN3O.C16H20F3N3OS/c1-16(2)8-7-14(9-13-3-5-15(18)6-4-13)17(16,22)10-21-12-19-11-20-21;1-9(2)7-10(3)13-12(5-6-24-13)20-15(23)11-8-22(4)21-14(11)16(17,18)19/h3-6,11-12,14,22H,7-10H2,1-2H3;5-6,8-10H,7H2,1-4H3,(H,20,23). The zero-order chi connectivity index (χ0) is 33.9. The molecule has 1 aromatic carbocycles. The second-order valence-electron chi connectivity index (χ2n) is 13.2. The lowest BCUT2D eigenvalue weighted by molar-refractivity contribution is -0.141. The highest BCUT2D eigenvalue weighted by atomic mass is 35.5. The third-order valence-corrected chi connectivity index (χ3v) is 10.2. The van der Waals surface area contributed by atoms with E-state index < -0.39 is 28.9 Å². The van der Waals surface area contributed by atoms with Gasteiger partial charge < -0.3 is 10.4 Å². The highest BCUT2D eigenvalue weighted by molar-refractivity contribution is 7.10. The summed E-state index contributed by atoms with van der Waals surface area (Å²) in [6.45, 7) is 11.0. The summed E-state index contributed by atoms with van der Waals surface area (Å²) in [6, 6.07) is 9.63. The molecule has 0 spiro atoms. The number of alkyl halides is 3. The summed E-state index contributed by atoms with van der Waals surface area (Å²) in [4.78, 5) is 17.3. The first-order valence-corrected chi connectivity index (χ1v) is 16.5. The van der Waals surface area contributed by atoms with Gasteiger partial charge in [0.2, 0.25) is 0 Å². The number of rotatable bonds is 9. The van der Waals surface area contributed by atoms with Gasteiger partial charge in [0.25, 0.3) is 5.91 Å². The van der Waals surface area contributed by atoms with Crippen LogP contribution in [0.25, 0.3) is 0 Å². The predicted molar refractivity (Wildman–Crippen MR) is 175 cm³/mol. The Morgan fingerprint density at radius 1 is 1.20 bits per heavy atom. The van der Waals surface area contributed by atoms with Crippen molar-refractivity contribution in [2.24, 2.45) is 24.3 Å². The Hall–Kier alpha value is -3.22. The van der Waals surface area contributed by atoms with Crippen LogP contribution in [0.15, 0.2) is 54.6 Å². The molecule has 1 amide bonds. The van der Waals surface area contributed by atoms with E-state index in [9.17, 15) is 23.1 Å². The van der Waals surface area contributed by atoms with E-state index in [0.717, 1.165) is 46.5 Å². The summed E-state index contributed by atoms with van der Waals surface area (Å²) in [6.07, 6.45) is 3.41.